The van der Waals surface area contributed by atoms with Gasteiger partial charge in [-0.15, -0.1) is 0 Å². The summed E-state index contributed by atoms with van der Waals surface area (Å²) in [7, 11) is 0. The van der Waals surface area contributed by atoms with Crippen LogP contribution in [-0.2, 0) is 0 Å². The topological polar surface area (TPSA) is 38.9 Å². The number of aromatic nitrogens is 2. The van der Waals surface area contributed by atoms with Crippen LogP contribution in [0.4, 0.5) is 0 Å². The van der Waals surface area contributed by atoms with Gasteiger partial charge in [-0.3, -0.25) is 0 Å². The number of nitrogens with zero attached hydrogens (tertiary/aromatic N) is 2. The molecule has 5 heteroatoms. The first-order chi connectivity index (χ1) is 8.25. The lowest BCUT2D eigenvalue weighted by atomic mass is 9.85. The molecule has 2 aromatic rings. The second-order valence-electron chi connectivity index (χ2n) is 4.18. The first-order valence-electron chi connectivity index (χ1n) is 5.53. The smallest absolute Gasteiger partial charge is 0.230 e. The summed E-state index contributed by atoms with van der Waals surface area (Å²) in [5.41, 5.74) is 0.644. The summed E-state index contributed by atoms with van der Waals surface area (Å²) >= 11 is 12.2. The molecule has 0 atom stereocenters. The highest BCUT2D eigenvalue weighted by molar-refractivity contribution is 6.38. The maximum atomic E-state index is 6.09. The van der Waals surface area contributed by atoms with E-state index in [9.17, 15) is 0 Å². The van der Waals surface area contributed by atoms with Gasteiger partial charge in [0.05, 0.1) is 15.6 Å². The van der Waals surface area contributed by atoms with Gasteiger partial charge in [0.25, 0.3) is 0 Å². The summed E-state index contributed by atoms with van der Waals surface area (Å²) in [6, 6.07) is 5.32. The SMILES string of the molecule is Clc1cccc(Cl)c1-c1noc(C2CCC2)n1. The van der Waals surface area contributed by atoms with Crippen molar-refractivity contribution in [3.63, 3.8) is 0 Å². The van der Waals surface area contributed by atoms with Crippen molar-refractivity contribution < 1.29 is 4.52 Å². The van der Waals surface area contributed by atoms with Crippen molar-refractivity contribution in [3.05, 3.63) is 34.1 Å². The van der Waals surface area contributed by atoms with E-state index in [0.29, 0.717) is 33.2 Å². The molecule has 0 bridgehead atoms. The molecule has 1 heterocycles. The average Bonchev–Trinajstić information content (AvgIpc) is 2.64. The summed E-state index contributed by atoms with van der Waals surface area (Å²) < 4.78 is 5.25. The molecule has 1 aliphatic rings. The fourth-order valence-electron chi connectivity index (χ4n) is 1.87. The van der Waals surface area contributed by atoms with Gasteiger partial charge in [-0.1, -0.05) is 40.8 Å². The van der Waals surface area contributed by atoms with Crippen LogP contribution in [0.15, 0.2) is 22.7 Å². The van der Waals surface area contributed by atoms with Gasteiger partial charge in [-0.05, 0) is 25.0 Å². The standard InChI is InChI=1S/C12H10Cl2N2O/c13-8-5-2-6-9(14)10(8)11-15-12(17-16-11)7-3-1-4-7/h2,5-7H,1,3-4H2. The van der Waals surface area contributed by atoms with Gasteiger partial charge >= 0.3 is 0 Å². The van der Waals surface area contributed by atoms with Gasteiger partial charge in [-0.2, -0.15) is 4.98 Å². The lowest BCUT2D eigenvalue weighted by Gasteiger charge is -2.20. The fourth-order valence-corrected chi connectivity index (χ4v) is 2.44. The zero-order valence-corrected chi connectivity index (χ0v) is 10.5. The number of hydrogen-bond donors (Lipinski definition) is 0. The van der Waals surface area contributed by atoms with Crippen molar-refractivity contribution in [3.8, 4) is 11.4 Å². The highest BCUT2D eigenvalue weighted by atomic mass is 35.5. The van der Waals surface area contributed by atoms with Crippen LogP contribution in [0, 0.1) is 0 Å². The second kappa shape index (κ2) is 4.31. The third-order valence-electron chi connectivity index (χ3n) is 3.08. The van der Waals surface area contributed by atoms with Crippen molar-refractivity contribution in [1.82, 2.24) is 10.1 Å². The van der Waals surface area contributed by atoms with Gasteiger partial charge in [0.15, 0.2) is 0 Å². The largest absolute Gasteiger partial charge is 0.339 e. The quantitative estimate of drug-likeness (QED) is 0.815. The van der Waals surface area contributed by atoms with Crippen molar-refractivity contribution in [2.24, 2.45) is 0 Å². The van der Waals surface area contributed by atoms with E-state index in [1.807, 2.05) is 0 Å². The van der Waals surface area contributed by atoms with Gasteiger partial charge in [-0.25, -0.2) is 0 Å². The van der Waals surface area contributed by atoms with E-state index in [-0.39, 0.29) is 0 Å². The monoisotopic (exact) mass is 268 g/mol. The van der Waals surface area contributed by atoms with E-state index in [1.165, 1.54) is 6.42 Å². The van der Waals surface area contributed by atoms with Gasteiger partial charge < -0.3 is 4.52 Å². The first kappa shape index (κ1) is 11.1. The number of rotatable bonds is 2. The minimum absolute atomic E-state index is 0.414. The molecule has 88 valence electrons. The molecular weight excluding hydrogens is 259 g/mol. The Labute approximate surface area is 109 Å². The van der Waals surface area contributed by atoms with Crippen LogP contribution in [0.3, 0.4) is 0 Å². The van der Waals surface area contributed by atoms with E-state index in [0.717, 1.165) is 12.8 Å². The maximum absolute atomic E-state index is 6.09. The molecule has 1 aromatic heterocycles. The van der Waals surface area contributed by atoms with Crippen LogP contribution in [0.5, 0.6) is 0 Å². The Balaban J connectivity index is 2.00. The van der Waals surface area contributed by atoms with Crippen LogP contribution < -0.4 is 0 Å². The lowest BCUT2D eigenvalue weighted by Crippen LogP contribution is -2.08. The predicted octanol–water partition coefficient (Wildman–Crippen LogP) is 4.31. The summed E-state index contributed by atoms with van der Waals surface area (Å²) in [4.78, 5) is 4.38. The molecule has 0 amide bonds. The Bertz CT molecular complexity index is 529. The van der Waals surface area contributed by atoms with E-state index in [2.05, 4.69) is 10.1 Å². The number of halogens is 2. The van der Waals surface area contributed by atoms with Crippen molar-refractivity contribution in [2.75, 3.05) is 0 Å². The molecule has 0 spiro atoms. The Hall–Kier alpha value is -1.06. The zero-order valence-electron chi connectivity index (χ0n) is 8.99. The minimum Gasteiger partial charge on any atom is -0.339 e. The molecule has 1 fully saturated rings. The second-order valence-corrected chi connectivity index (χ2v) is 5.00. The first-order valence-corrected chi connectivity index (χ1v) is 6.29. The highest BCUT2D eigenvalue weighted by Crippen LogP contribution is 2.38. The third kappa shape index (κ3) is 1.94. The van der Waals surface area contributed by atoms with Crippen molar-refractivity contribution in [1.29, 1.82) is 0 Å². The highest BCUT2D eigenvalue weighted by Gasteiger charge is 2.26. The molecule has 0 radical (unpaired) electrons. The molecule has 0 aliphatic heterocycles. The lowest BCUT2D eigenvalue weighted by molar-refractivity contribution is 0.292. The molecule has 0 saturated heterocycles. The van der Waals surface area contributed by atoms with Crippen LogP contribution in [0.25, 0.3) is 11.4 Å². The van der Waals surface area contributed by atoms with Crippen LogP contribution >= 0.6 is 23.2 Å². The van der Waals surface area contributed by atoms with Crippen LogP contribution in [-0.4, -0.2) is 10.1 Å². The van der Waals surface area contributed by atoms with Crippen LogP contribution in [0.1, 0.15) is 31.1 Å². The molecule has 0 N–H and O–H groups in total. The molecule has 3 rings (SSSR count). The number of hydrogen-bond acceptors (Lipinski definition) is 3. The van der Waals surface area contributed by atoms with Gasteiger partial charge in [0.2, 0.25) is 11.7 Å². The summed E-state index contributed by atoms with van der Waals surface area (Å²) in [6.07, 6.45) is 3.48. The Morgan fingerprint density at radius 3 is 2.47 bits per heavy atom. The van der Waals surface area contributed by atoms with Gasteiger partial charge in [0.1, 0.15) is 0 Å². The van der Waals surface area contributed by atoms with Crippen LogP contribution in [0.2, 0.25) is 10.0 Å². The Kier molecular flexibility index (Phi) is 2.81. The fraction of sp³-hybridized carbons (Fsp3) is 0.333. The average molecular weight is 269 g/mol. The predicted molar refractivity (Wildman–Crippen MR) is 66.3 cm³/mol. The summed E-state index contributed by atoms with van der Waals surface area (Å²) in [5.74, 6) is 1.59. The van der Waals surface area contributed by atoms with Crippen molar-refractivity contribution >= 4 is 23.2 Å². The molecule has 3 nitrogen and oxygen atoms in total. The van der Waals surface area contributed by atoms with E-state index in [4.69, 9.17) is 27.7 Å². The molecule has 0 unspecified atom stereocenters. The molecular formula is C12H10Cl2N2O. The molecule has 1 saturated carbocycles. The summed E-state index contributed by atoms with van der Waals surface area (Å²) in [5, 5.41) is 5.04. The van der Waals surface area contributed by atoms with E-state index < -0.39 is 0 Å². The molecule has 1 aromatic carbocycles. The van der Waals surface area contributed by atoms with E-state index in [1.54, 1.807) is 18.2 Å². The van der Waals surface area contributed by atoms with Crippen molar-refractivity contribution in [2.45, 2.75) is 25.2 Å². The number of benzene rings is 1. The Morgan fingerprint density at radius 1 is 1.18 bits per heavy atom. The van der Waals surface area contributed by atoms with E-state index >= 15 is 0 Å². The Morgan fingerprint density at radius 2 is 1.88 bits per heavy atom. The summed E-state index contributed by atoms with van der Waals surface area (Å²) in [6.45, 7) is 0. The minimum atomic E-state index is 0.414. The molecule has 17 heavy (non-hydrogen) atoms. The maximum Gasteiger partial charge on any atom is 0.230 e. The third-order valence-corrected chi connectivity index (χ3v) is 3.71. The van der Waals surface area contributed by atoms with Gasteiger partial charge in [0, 0.05) is 5.92 Å². The molecule has 1 aliphatic carbocycles. The zero-order chi connectivity index (χ0) is 11.8. The normalized spacial score (nSPS) is 15.9.